The Bertz CT molecular complexity index is 626. The molecule has 0 saturated carbocycles. The molecule has 0 heterocycles. The number of hydrogen-bond donors (Lipinski definition) is 2. The van der Waals surface area contributed by atoms with Crippen molar-refractivity contribution in [1.29, 1.82) is 0 Å². The molecule has 0 saturated heterocycles. The van der Waals surface area contributed by atoms with Crippen LogP contribution >= 0.6 is 8.58 Å². The zero-order chi connectivity index (χ0) is 15.4. The summed E-state index contributed by atoms with van der Waals surface area (Å²) >= 11 is 0. The fourth-order valence-electron chi connectivity index (χ4n) is 2.07. The molecular formula is C16H19O4P. The van der Waals surface area contributed by atoms with E-state index in [4.69, 9.17) is 9.47 Å². The molecule has 0 fully saturated rings. The van der Waals surface area contributed by atoms with Crippen LogP contribution in [0.25, 0.3) is 0 Å². The maximum absolute atomic E-state index is 10.3. The molecule has 0 amide bonds. The van der Waals surface area contributed by atoms with Crippen molar-refractivity contribution in [1.82, 2.24) is 0 Å². The lowest BCUT2D eigenvalue weighted by atomic mass is 10.1. The number of rotatable bonds is 5. The Hall–Kier alpha value is -1.77. The van der Waals surface area contributed by atoms with Crippen LogP contribution in [0, 0.1) is 0 Å². The van der Waals surface area contributed by atoms with Crippen molar-refractivity contribution in [3.8, 4) is 17.2 Å². The summed E-state index contributed by atoms with van der Waals surface area (Å²) in [6.45, 7) is 1.73. The molecule has 2 N–H and O–H groups in total. The molecule has 0 aliphatic carbocycles. The van der Waals surface area contributed by atoms with Gasteiger partial charge in [0.15, 0.2) is 11.5 Å². The fourth-order valence-corrected chi connectivity index (χ4v) is 3.43. The highest BCUT2D eigenvalue weighted by Crippen LogP contribution is 2.33. The molecule has 0 aromatic heterocycles. The summed E-state index contributed by atoms with van der Waals surface area (Å²) < 4.78 is 10.4. The van der Waals surface area contributed by atoms with Crippen LogP contribution in [0.15, 0.2) is 36.4 Å². The second kappa shape index (κ2) is 6.79. The van der Waals surface area contributed by atoms with Gasteiger partial charge in [-0.3, -0.25) is 0 Å². The molecule has 0 bridgehead atoms. The third-order valence-electron chi connectivity index (χ3n) is 3.18. The molecule has 0 aliphatic rings. The Balaban J connectivity index is 2.44. The van der Waals surface area contributed by atoms with Crippen LogP contribution in [0.4, 0.5) is 0 Å². The Morgan fingerprint density at radius 1 is 1.05 bits per heavy atom. The summed E-state index contributed by atoms with van der Waals surface area (Å²) in [5, 5.41) is 21.8. The number of phenols is 1. The van der Waals surface area contributed by atoms with Gasteiger partial charge in [-0.15, -0.1) is 0 Å². The van der Waals surface area contributed by atoms with Crippen molar-refractivity contribution in [2.45, 2.75) is 13.0 Å². The zero-order valence-electron chi connectivity index (χ0n) is 12.3. The third kappa shape index (κ3) is 3.46. The molecule has 5 heteroatoms. The minimum Gasteiger partial charge on any atom is -0.504 e. The smallest absolute Gasteiger partial charge is 0.165 e. The maximum Gasteiger partial charge on any atom is 0.165 e. The predicted molar refractivity (Wildman–Crippen MR) is 85.9 cm³/mol. The summed E-state index contributed by atoms with van der Waals surface area (Å²) in [6.07, 6.45) is -0.552. The number of ether oxygens (including phenoxy) is 2. The van der Waals surface area contributed by atoms with Crippen molar-refractivity contribution in [2.75, 3.05) is 14.2 Å². The second-order valence-corrected chi connectivity index (χ2v) is 5.94. The summed E-state index contributed by atoms with van der Waals surface area (Å²) in [6, 6.07) is 11.1. The van der Waals surface area contributed by atoms with Gasteiger partial charge >= 0.3 is 0 Å². The molecule has 0 radical (unpaired) electrons. The van der Waals surface area contributed by atoms with E-state index in [0.29, 0.717) is 11.5 Å². The highest BCUT2D eigenvalue weighted by Gasteiger charge is 2.14. The first-order chi connectivity index (χ1) is 10.1. The average molecular weight is 306 g/mol. The van der Waals surface area contributed by atoms with E-state index >= 15 is 0 Å². The Labute approximate surface area is 126 Å². The molecule has 21 heavy (non-hydrogen) atoms. The van der Waals surface area contributed by atoms with Crippen molar-refractivity contribution >= 4 is 19.2 Å². The summed E-state index contributed by atoms with van der Waals surface area (Å²) in [5.41, 5.74) is 0.858. The summed E-state index contributed by atoms with van der Waals surface area (Å²) in [5.74, 6) is 1.12. The van der Waals surface area contributed by atoms with Gasteiger partial charge in [0.1, 0.15) is 5.75 Å². The number of hydrogen-bond acceptors (Lipinski definition) is 4. The highest BCUT2D eigenvalue weighted by atomic mass is 31.1. The Morgan fingerprint density at radius 3 is 2.38 bits per heavy atom. The number of phenolic OH excluding ortho intramolecular Hbond substituents is 1. The van der Waals surface area contributed by atoms with E-state index in [9.17, 15) is 10.2 Å². The third-order valence-corrected chi connectivity index (χ3v) is 4.56. The van der Waals surface area contributed by atoms with E-state index in [1.54, 1.807) is 26.2 Å². The van der Waals surface area contributed by atoms with Gasteiger partial charge in [0.2, 0.25) is 0 Å². The molecule has 2 rings (SSSR count). The van der Waals surface area contributed by atoms with Crippen LogP contribution in [0.2, 0.25) is 0 Å². The van der Waals surface area contributed by atoms with E-state index in [2.05, 4.69) is 0 Å². The quantitative estimate of drug-likeness (QED) is 0.831. The van der Waals surface area contributed by atoms with Gasteiger partial charge in [0.05, 0.1) is 20.3 Å². The van der Waals surface area contributed by atoms with Gasteiger partial charge in [0, 0.05) is 11.4 Å². The molecular weight excluding hydrogens is 287 g/mol. The van der Waals surface area contributed by atoms with Crippen LogP contribution in [0.5, 0.6) is 17.2 Å². The molecule has 112 valence electrons. The normalized spacial score (nSPS) is 12.6. The van der Waals surface area contributed by atoms with Crippen molar-refractivity contribution in [3.05, 3.63) is 42.0 Å². The van der Waals surface area contributed by atoms with Crippen LogP contribution < -0.4 is 20.1 Å². The molecule has 0 aliphatic heterocycles. The Morgan fingerprint density at radius 2 is 1.76 bits per heavy atom. The van der Waals surface area contributed by atoms with Gasteiger partial charge in [-0.25, -0.2) is 0 Å². The predicted octanol–water partition coefficient (Wildman–Crippen LogP) is 2.09. The van der Waals surface area contributed by atoms with Gasteiger partial charge in [-0.2, -0.15) is 0 Å². The summed E-state index contributed by atoms with van der Waals surface area (Å²) in [7, 11) is 3.27. The molecule has 2 aromatic rings. The fraction of sp³-hybridized carbons (Fsp3) is 0.250. The standard InChI is InChI=1S/C16H19O4P/c1-10(17)12-6-4-5-7-14(12)21-15-9-11(19-2)8-13(20-3)16(15)18/h4-10,17-18,21H,1-3H3. The largest absolute Gasteiger partial charge is 0.504 e. The lowest BCUT2D eigenvalue weighted by Gasteiger charge is -2.15. The van der Waals surface area contributed by atoms with Gasteiger partial charge in [-0.1, -0.05) is 32.8 Å². The van der Waals surface area contributed by atoms with Gasteiger partial charge in [-0.05, 0) is 23.9 Å². The van der Waals surface area contributed by atoms with Crippen molar-refractivity contribution in [2.24, 2.45) is 0 Å². The van der Waals surface area contributed by atoms with Crippen LogP contribution in [-0.2, 0) is 0 Å². The second-order valence-electron chi connectivity index (χ2n) is 4.61. The van der Waals surface area contributed by atoms with Crippen LogP contribution in [0.1, 0.15) is 18.6 Å². The number of methoxy groups -OCH3 is 2. The Kier molecular flexibility index (Phi) is 5.05. The molecule has 2 unspecified atom stereocenters. The first-order valence-electron chi connectivity index (χ1n) is 6.55. The molecule has 0 spiro atoms. The monoisotopic (exact) mass is 306 g/mol. The first kappa shape index (κ1) is 15.6. The van der Waals surface area contributed by atoms with Crippen molar-refractivity contribution in [3.63, 3.8) is 0 Å². The average Bonchev–Trinajstić information content (AvgIpc) is 2.49. The zero-order valence-corrected chi connectivity index (χ0v) is 13.3. The van der Waals surface area contributed by atoms with E-state index < -0.39 is 6.10 Å². The minimum absolute atomic E-state index is 0.108. The topological polar surface area (TPSA) is 58.9 Å². The van der Waals surface area contributed by atoms with E-state index in [1.807, 2.05) is 24.3 Å². The number of benzene rings is 2. The number of aromatic hydroxyl groups is 1. The summed E-state index contributed by atoms with van der Waals surface area (Å²) in [4.78, 5) is 0. The molecule has 2 aromatic carbocycles. The van der Waals surface area contributed by atoms with Crippen molar-refractivity contribution < 1.29 is 19.7 Å². The van der Waals surface area contributed by atoms with E-state index in [-0.39, 0.29) is 14.3 Å². The van der Waals surface area contributed by atoms with Gasteiger partial charge < -0.3 is 19.7 Å². The molecule has 4 nitrogen and oxygen atoms in total. The minimum atomic E-state index is -0.552. The molecule has 2 atom stereocenters. The van der Waals surface area contributed by atoms with Crippen LogP contribution in [-0.4, -0.2) is 24.4 Å². The SMILES string of the molecule is COc1cc(OC)c(O)c(Pc2ccccc2C(C)O)c1. The number of aliphatic hydroxyl groups excluding tert-OH is 1. The highest BCUT2D eigenvalue weighted by molar-refractivity contribution is 7.55. The van der Waals surface area contributed by atoms with E-state index in [0.717, 1.165) is 16.2 Å². The lowest BCUT2D eigenvalue weighted by Crippen LogP contribution is -2.12. The van der Waals surface area contributed by atoms with E-state index in [1.165, 1.54) is 7.11 Å². The van der Waals surface area contributed by atoms with Gasteiger partial charge in [0.25, 0.3) is 0 Å². The van der Waals surface area contributed by atoms with Crippen LogP contribution in [0.3, 0.4) is 0 Å². The lowest BCUT2D eigenvalue weighted by molar-refractivity contribution is 0.200. The number of aliphatic hydroxyl groups is 1. The first-order valence-corrected chi connectivity index (χ1v) is 7.55. The maximum atomic E-state index is 10.3.